The van der Waals surface area contributed by atoms with Crippen LogP contribution < -0.4 is 10.1 Å². The number of halogens is 2. The number of hydrogen-bond acceptors (Lipinski definition) is 2. The first-order valence-electron chi connectivity index (χ1n) is 6.42. The minimum atomic E-state index is -2.79. The van der Waals surface area contributed by atoms with Crippen LogP contribution >= 0.6 is 0 Å². The zero-order chi connectivity index (χ0) is 14.5. The topological polar surface area (TPSA) is 21.3 Å². The summed E-state index contributed by atoms with van der Waals surface area (Å²) in [7, 11) is 0. The van der Waals surface area contributed by atoms with Crippen LogP contribution in [0.25, 0.3) is 0 Å². The van der Waals surface area contributed by atoms with Crippen molar-refractivity contribution in [1.82, 2.24) is 0 Å². The maximum Gasteiger partial charge on any atom is 0.387 e. The van der Waals surface area contributed by atoms with Gasteiger partial charge >= 0.3 is 6.61 Å². The first-order chi connectivity index (χ1) is 9.54. The van der Waals surface area contributed by atoms with Crippen LogP contribution in [0.15, 0.2) is 48.5 Å². The highest BCUT2D eigenvalue weighted by Crippen LogP contribution is 2.22. The third-order valence-electron chi connectivity index (χ3n) is 3.00. The largest absolute Gasteiger partial charge is 0.435 e. The van der Waals surface area contributed by atoms with Gasteiger partial charge in [0.15, 0.2) is 0 Å². The Balaban J connectivity index is 2.02. The third-order valence-corrected chi connectivity index (χ3v) is 3.00. The third kappa shape index (κ3) is 3.95. The fourth-order valence-electron chi connectivity index (χ4n) is 2.01. The molecule has 20 heavy (non-hydrogen) atoms. The maximum absolute atomic E-state index is 12.1. The number of nitrogens with one attached hydrogen (secondary N) is 1. The monoisotopic (exact) mass is 277 g/mol. The summed E-state index contributed by atoms with van der Waals surface area (Å²) in [4.78, 5) is 0. The molecule has 0 bridgehead atoms. The minimum Gasteiger partial charge on any atom is -0.435 e. The van der Waals surface area contributed by atoms with E-state index in [0.29, 0.717) is 0 Å². The van der Waals surface area contributed by atoms with Gasteiger partial charge in [-0.1, -0.05) is 29.8 Å². The van der Waals surface area contributed by atoms with Crippen molar-refractivity contribution in [1.29, 1.82) is 0 Å². The Morgan fingerprint density at radius 3 is 2.35 bits per heavy atom. The van der Waals surface area contributed by atoms with Crippen molar-refractivity contribution in [3.05, 3.63) is 59.7 Å². The lowest BCUT2D eigenvalue weighted by Crippen LogP contribution is -2.07. The van der Waals surface area contributed by atoms with Crippen molar-refractivity contribution < 1.29 is 13.5 Å². The predicted molar refractivity (Wildman–Crippen MR) is 76.3 cm³/mol. The molecular weight excluding hydrogens is 260 g/mol. The Morgan fingerprint density at radius 1 is 1.05 bits per heavy atom. The molecule has 0 aliphatic rings. The van der Waals surface area contributed by atoms with Crippen LogP contribution in [-0.2, 0) is 0 Å². The molecule has 0 fully saturated rings. The van der Waals surface area contributed by atoms with E-state index in [4.69, 9.17) is 0 Å². The second-order valence-corrected chi connectivity index (χ2v) is 4.68. The molecule has 0 saturated heterocycles. The van der Waals surface area contributed by atoms with Gasteiger partial charge in [-0.2, -0.15) is 8.78 Å². The number of hydrogen-bond donors (Lipinski definition) is 1. The predicted octanol–water partition coefficient (Wildman–Crippen LogP) is 4.77. The molecular formula is C16H17F2NO. The van der Waals surface area contributed by atoms with Gasteiger partial charge in [-0.3, -0.25) is 0 Å². The van der Waals surface area contributed by atoms with Gasteiger partial charge < -0.3 is 10.1 Å². The molecule has 0 aliphatic carbocycles. The molecule has 1 atom stereocenters. The molecule has 2 aromatic rings. The maximum atomic E-state index is 12.1. The van der Waals surface area contributed by atoms with Crippen molar-refractivity contribution >= 4 is 5.69 Å². The highest BCUT2D eigenvalue weighted by Gasteiger charge is 2.07. The molecule has 2 rings (SSSR count). The van der Waals surface area contributed by atoms with E-state index in [0.717, 1.165) is 5.69 Å². The zero-order valence-corrected chi connectivity index (χ0v) is 11.4. The minimum absolute atomic E-state index is 0.136. The molecule has 0 saturated carbocycles. The second-order valence-electron chi connectivity index (χ2n) is 4.68. The fourth-order valence-corrected chi connectivity index (χ4v) is 2.01. The molecule has 0 aliphatic heterocycles. The number of anilines is 1. The van der Waals surface area contributed by atoms with Crippen LogP contribution in [0.3, 0.4) is 0 Å². The summed E-state index contributed by atoms with van der Waals surface area (Å²) in [5.74, 6) is 0.161. The Kier molecular flexibility index (Phi) is 4.56. The van der Waals surface area contributed by atoms with Crippen molar-refractivity contribution in [3.63, 3.8) is 0 Å². The number of aryl methyl sites for hydroxylation is 1. The van der Waals surface area contributed by atoms with Crippen LogP contribution in [0.4, 0.5) is 14.5 Å². The van der Waals surface area contributed by atoms with Crippen LogP contribution in [0.2, 0.25) is 0 Å². The lowest BCUT2D eigenvalue weighted by molar-refractivity contribution is -0.0498. The van der Waals surface area contributed by atoms with Crippen LogP contribution in [0.5, 0.6) is 5.75 Å². The van der Waals surface area contributed by atoms with E-state index in [1.165, 1.54) is 23.3 Å². The van der Waals surface area contributed by atoms with Gasteiger partial charge in [-0.25, -0.2) is 0 Å². The molecule has 0 radical (unpaired) electrons. The summed E-state index contributed by atoms with van der Waals surface area (Å²) in [6.45, 7) is 1.31. The Labute approximate surface area is 117 Å². The van der Waals surface area contributed by atoms with Crippen molar-refractivity contribution in [3.8, 4) is 5.75 Å². The van der Waals surface area contributed by atoms with Crippen molar-refractivity contribution in [2.45, 2.75) is 26.5 Å². The van der Waals surface area contributed by atoms with Crippen molar-refractivity contribution in [2.24, 2.45) is 0 Å². The molecule has 2 nitrogen and oxygen atoms in total. The average Bonchev–Trinajstić information content (AvgIpc) is 2.40. The zero-order valence-electron chi connectivity index (χ0n) is 11.4. The van der Waals surface area contributed by atoms with Crippen LogP contribution in [-0.4, -0.2) is 6.61 Å². The van der Waals surface area contributed by atoms with Crippen LogP contribution in [0, 0.1) is 6.92 Å². The van der Waals surface area contributed by atoms with Gasteiger partial charge in [0.1, 0.15) is 5.75 Å². The normalized spacial score (nSPS) is 12.2. The summed E-state index contributed by atoms with van der Waals surface area (Å²) in [5, 5.41) is 3.32. The summed E-state index contributed by atoms with van der Waals surface area (Å²) in [6.07, 6.45) is 0. The Morgan fingerprint density at radius 2 is 1.75 bits per heavy atom. The summed E-state index contributed by atoms with van der Waals surface area (Å²) in [5.41, 5.74) is 3.25. The smallest absolute Gasteiger partial charge is 0.387 e. The van der Waals surface area contributed by atoms with E-state index in [2.05, 4.69) is 29.1 Å². The average molecular weight is 277 g/mol. The SMILES string of the molecule is Cc1cccc(C(C)Nc2ccc(OC(F)F)cc2)c1. The molecule has 0 spiro atoms. The van der Waals surface area contributed by atoms with Gasteiger partial charge in [-0.15, -0.1) is 0 Å². The highest BCUT2D eigenvalue weighted by molar-refractivity contribution is 5.48. The number of ether oxygens (including phenoxy) is 1. The molecule has 1 unspecified atom stereocenters. The first kappa shape index (κ1) is 14.3. The lowest BCUT2D eigenvalue weighted by atomic mass is 10.1. The number of alkyl halides is 2. The van der Waals surface area contributed by atoms with Gasteiger partial charge in [0, 0.05) is 11.7 Å². The van der Waals surface area contributed by atoms with E-state index < -0.39 is 6.61 Å². The Bertz CT molecular complexity index is 555. The van der Waals surface area contributed by atoms with E-state index in [9.17, 15) is 8.78 Å². The first-order valence-corrected chi connectivity index (χ1v) is 6.42. The molecule has 0 heterocycles. The summed E-state index contributed by atoms with van der Waals surface area (Å²) >= 11 is 0. The van der Waals surface area contributed by atoms with Gasteiger partial charge in [0.2, 0.25) is 0 Å². The lowest BCUT2D eigenvalue weighted by Gasteiger charge is -2.16. The van der Waals surface area contributed by atoms with Gasteiger partial charge in [0.05, 0.1) is 0 Å². The van der Waals surface area contributed by atoms with Crippen molar-refractivity contribution in [2.75, 3.05) is 5.32 Å². The standard InChI is InChI=1S/C16H17F2NO/c1-11-4-3-5-13(10-11)12(2)19-14-6-8-15(9-7-14)20-16(17)18/h3-10,12,16,19H,1-2H3. The molecule has 106 valence electrons. The van der Waals surface area contributed by atoms with Crippen LogP contribution in [0.1, 0.15) is 24.1 Å². The second kappa shape index (κ2) is 6.37. The highest BCUT2D eigenvalue weighted by atomic mass is 19.3. The quantitative estimate of drug-likeness (QED) is 0.850. The molecule has 4 heteroatoms. The summed E-state index contributed by atoms with van der Waals surface area (Å²) in [6, 6.07) is 14.9. The van der Waals surface area contributed by atoms with E-state index in [1.54, 1.807) is 12.1 Å². The molecule has 0 aromatic heterocycles. The molecule has 2 aromatic carbocycles. The van der Waals surface area contributed by atoms with E-state index in [1.807, 2.05) is 19.1 Å². The van der Waals surface area contributed by atoms with Gasteiger partial charge in [0.25, 0.3) is 0 Å². The fraction of sp³-hybridized carbons (Fsp3) is 0.250. The Hall–Kier alpha value is -2.10. The summed E-state index contributed by atoms with van der Waals surface area (Å²) < 4.78 is 28.4. The van der Waals surface area contributed by atoms with E-state index in [-0.39, 0.29) is 11.8 Å². The molecule has 0 amide bonds. The van der Waals surface area contributed by atoms with Gasteiger partial charge in [-0.05, 0) is 43.7 Å². The number of benzene rings is 2. The molecule has 1 N–H and O–H groups in total. The van der Waals surface area contributed by atoms with E-state index >= 15 is 0 Å². The number of rotatable bonds is 5.